The van der Waals surface area contributed by atoms with E-state index in [1.165, 1.54) is 19.3 Å². The zero-order chi connectivity index (χ0) is 19.4. The SMILES string of the molecule is COc1cc(/C=C/c2ccc3ccccc3n2)c([N+](=O)[O-])cc1OC(F)F. The number of halogens is 2. The van der Waals surface area contributed by atoms with Crippen LogP contribution in [0, 0.1) is 10.1 Å². The normalized spacial score (nSPS) is 11.3. The van der Waals surface area contributed by atoms with Crippen molar-refractivity contribution < 1.29 is 23.2 Å². The second kappa shape index (κ2) is 7.77. The number of methoxy groups -OCH3 is 1. The van der Waals surface area contributed by atoms with Gasteiger partial charge in [-0.15, -0.1) is 0 Å². The van der Waals surface area contributed by atoms with Gasteiger partial charge in [-0.1, -0.05) is 24.3 Å². The molecule has 0 saturated heterocycles. The Morgan fingerprint density at radius 1 is 1.11 bits per heavy atom. The Balaban J connectivity index is 2.00. The second-order valence-corrected chi connectivity index (χ2v) is 5.46. The fourth-order valence-corrected chi connectivity index (χ4v) is 2.55. The van der Waals surface area contributed by atoms with Crippen molar-refractivity contribution in [3.05, 3.63) is 69.9 Å². The lowest BCUT2D eigenvalue weighted by Gasteiger charge is -2.10. The Morgan fingerprint density at radius 3 is 2.59 bits per heavy atom. The number of rotatable bonds is 6. The van der Waals surface area contributed by atoms with Crippen molar-refractivity contribution in [1.29, 1.82) is 0 Å². The molecule has 138 valence electrons. The smallest absolute Gasteiger partial charge is 0.387 e. The first-order valence-electron chi connectivity index (χ1n) is 7.83. The van der Waals surface area contributed by atoms with Gasteiger partial charge in [0.25, 0.3) is 5.69 Å². The largest absolute Gasteiger partial charge is 0.493 e. The fraction of sp³-hybridized carbons (Fsp3) is 0.105. The number of alkyl halides is 2. The van der Waals surface area contributed by atoms with Crippen molar-refractivity contribution in [2.45, 2.75) is 6.61 Å². The Labute approximate surface area is 152 Å². The predicted molar refractivity (Wildman–Crippen MR) is 97.0 cm³/mol. The van der Waals surface area contributed by atoms with Crippen LogP contribution in [0.5, 0.6) is 11.5 Å². The Hall–Kier alpha value is -3.55. The molecule has 0 unspecified atom stereocenters. The molecule has 0 atom stereocenters. The van der Waals surface area contributed by atoms with Crippen molar-refractivity contribution in [2.75, 3.05) is 7.11 Å². The summed E-state index contributed by atoms with van der Waals surface area (Å²) in [5.41, 5.74) is 1.17. The number of para-hydroxylation sites is 1. The van der Waals surface area contributed by atoms with E-state index in [0.717, 1.165) is 17.0 Å². The summed E-state index contributed by atoms with van der Waals surface area (Å²) < 4.78 is 34.3. The van der Waals surface area contributed by atoms with Gasteiger partial charge in [-0.05, 0) is 30.4 Å². The summed E-state index contributed by atoms with van der Waals surface area (Å²) >= 11 is 0. The molecule has 27 heavy (non-hydrogen) atoms. The number of pyridine rings is 1. The molecular formula is C19H14F2N2O4. The predicted octanol–water partition coefficient (Wildman–Crippen LogP) is 4.92. The highest BCUT2D eigenvalue weighted by Crippen LogP contribution is 2.36. The molecule has 0 fully saturated rings. The van der Waals surface area contributed by atoms with Crippen LogP contribution in [0.2, 0.25) is 0 Å². The molecule has 3 aromatic rings. The van der Waals surface area contributed by atoms with Crippen molar-refractivity contribution in [3.63, 3.8) is 0 Å². The zero-order valence-corrected chi connectivity index (χ0v) is 14.1. The first kappa shape index (κ1) is 18.2. The van der Waals surface area contributed by atoms with Crippen LogP contribution in [0.3, 0.4) is 0 Å². The molecule has 0 spiro atoms. The van der Waals surface area contributed by atoms with Crippen molar-refractivity contribution in [1.82, 2.24) is 4.98 Å². The van der Waals surface area contributed by atoms with Crippen LogP contribution in [0.4, 0.5) is 14.5 Å². The summed E-state index contributed by atoms with van der Waals surface area (Å²) in [6.07, 6.45) is 3.08. The molecule has 0 aliphatic carbocycles. The van der Waals surface area contributed by atoms with Gasteiger partial charge in [0, 0.05) is 5.39 Å². The number of nitro groups is 1. The van der Waals surface area contributed by atoms with Crippen molar-refractivity contribution in [3.8, 4) is 11.5 Å². The lowest BCUT2D eigenvalue weighted by Crippen LogP contribution is -2.05. The quantitative estimate of drug-likeness (QED) is 0.453. The molecule has 1 heterocycles. The second-order valence-electron chi connectivity index (χ2n) is 5.46. The lowest BCUT2D eigenvalue weighted by molar-refractivity contribution is -0.385. The van der Waals surface area contributed by atoms with E-state index in [2.05, 4.69) is 9.72 Å². The number of hydrogen-bond donors (Lipinski definition) is 0. The van der Waals surface area contributed by atoms with E-state index in [0.29, 0.717) is 5.69 Å². The van der Waals surface area contributed by atoms with Gasteiger partial charge >= 0.3 is 6.61 Å². The van der Waals surface area contributed by atoms with Crippen LogP contribution in [0.15, 0.2) is 48.5 Å². The maximum atomic E-state index is 12.5. The maximum absolute atomic E-state index is 12.5. The van der Waals surface area contributed by atoms with Gasteiger partial charge in [0.05, 0.1) is 34.9 Å². The molecular weight excluding hydrogens is 358 g/mol. The van der Waals surface area contributed by atoms with Gasteiger partial charge in [-0.25, -0.2) is 4.98 Å². The first-order chi connectivity index (χ1) is 13.0. The van der Waals surface area contributed by atoms with E-state index < -0.39 is 17.3 Å². The number of aromatic nitrogens is 1. The van der Waals surface area contributed by atoms with Gasteiger partial charge in [0.1, 0.15) is 0 Å². The van der Waals surface area contributed by atoms with E-state index in [1.807, 2.05) is 30.3 Å². The fourth-order valence-electron chi connectivity index (χ4n) is 2.55. The van der Waals surface area contributed by atoms with E-state index in [-0.39, 0.29) is 17.0 Å². The van der Waals surface area contributed by atoms with Crippen LogP contribution < -0.4 is 9.47 Å². The van der Waals surface area contributed by atoms with Gasteiger partial charge in [-0.2, -0.15) is 8.78 Å². The molecule has 0 N–H and O–H groups in total. The van der Waals surface area contributed by atoms with E-state index in [4.69, 9.17) is 4.74 Å². The van der Waals surface area contributed by atoms with E-state index in [1.54, 1.807) is 12.1 Å². The molecule has 1 aromatic heterocycles. The minimum Gasteiger partial charge on any atom is -0.493 e. The molecule has 3 rings (SSSR count). The lowest BCUT2D eigenvalue weighted by atomic mass is 10.1. The third-order valence-electron chi connectivity index (χ3n) is 3.78. The Morgan fingerprint density at radius 2 is 1.89 bits per heavy atom. The topological polar surface area (TPSA) is 74.5 Å². The molecule has 2 aromatic carbocycles. The van der Waals surface area contributed by atoms with Crippen LogP contribution in [-0.2, 0) is 0 Å². The Kier molecular flexibility index (Phi) is 5.25. The highest BCUT2D eigenvalue weighted by Gasteiger charge is 2.20. The van der Waals surface area contributed by atoms with E-state index in [9.17, 15) is 18.9 Å². The molecule has 0 bridgehead atoms. The maximum Gasteiger partial charge on any atom is 0.387 e. The average Bonchev–Trinajstić information content (AvgIpc) is 2.65. The van der Waals surface area contributed by atoms with Gasteiger partial charge in [0.15, 0.2) is 11.5 Å². The summed E-state index contributed by atoms with van der Waals surface area (Å²) in [6, 6.07) is 13.4. The monoisotopic (exact) mass is 372 g/mol. The van der Waals surface area contributed by atoms with Gasteiger partial charge in [-0.3, -0.25) is 10.1 Å². The summed E-state index contributed by atoms with van der Waals surface area (Å²) in [6.45, 7) is -3.12. The van der Waals surface area contributed by atoms with Crippen molar-refractivity contribution in [2.24, 2.45) is 0 Å². The standard InChI is InChI=1S/C19H14F2N2O4/c1-26-17-10-13(16(23(24)25)11-18(17)27-19(20)21)7-9-14-8-6-12-4-2-3-5-15(12)22-14/h2-11,19H,1H3/b9-7+. The third-order valence-corrected chi connectivity index (χ3v) is 3.78. The zero-order valence-electron chi connectivity index (χ0n) is 14.1. The molecule has 8 heteroatoms. The molecule has 0 aliphatic rings. The highest BCUT2D eigenvalue weighted by atomic mass is 19.3. The van der Waals surface area contributed by atoms with Crippen LogP contribution >= 0.6 is 0 Å². The minimum absolute atomic E-state index is 0.0352. The molecule has 0 aliphatic heterocycles. The molecule has 0 saturated carbocycles. The van der Waals surface area contributed by atoms with Crippen LogP contribution in [0.25, 0.3) is 23.1 Å². The number of hydrogen-bond acceptors (Lipinski definition) is 5. The molecule has 0 amide bonds. The first-order valence-corrected chi connectivity index (χ1v) is 7.83. The average molecular weight is 372 g/mol. The van der Waals surface area contributed by atoms with Gasteiger partial charge < -0.3 is 9.47 Å². The number of nitrogens with zero attached hydrogens (tertiary/aromatic N) is 2. The highest BCUT2D eigenvalue weighted by molar-refractivity contribution is 5.81. The number of fused-ring (bicyclic) bond motifs is 1. The summed E-state index contributed by atoms with van der Waals surface area (Å²) in [5, 5.41) is 12.3. The van der Waals surface area contributed by atoms with Crippen LogP contribution in [-0.4, -0.2) is 23.6 Å². The summed E-state index contributed by atoms with van der Waals surface area (Å²) in [5.74, 6) is -0.438. The number of benzene rings is 2. The summed E-state index contributed by atoms with van der Waals surface area (Å²) in [7, 11) is 1.26. The Bertz CT molecular complexity index is 1020. The van der Waals surface area contributed by atoms with Crippen molar-refractivity contribution >= 4 is 28.7 Å². The number of ether oxygens (including phenoxy) is 2. The molecule has 0 radical (unpaired) electrons. The van der Waals surface area contributed by atoms with Gasteiger partial charge in [0.2, 0.25) is 0 Å². The summed E-state index contributed by atoms with van der Waals surface area (Å²) in [4.78, 5) is 15.1. The van der Waals surface area contributed by atoms with Crippen LogP contribution in [0.1, 0.15) is 11.3 Å². The third kappa shape index (κ3) is 4.17. The minimum atomic E-state index is -3.12. The molecule has 6 nitrogen and oxygen atoms in total. The van der Waals surface area contributed by atoms with E-state index >= 15 is 0 Å². The number of nitro benzene ring substituents is 1.